The molecule has 0 aliphatic carbocycles. The Labute approximate surface area is 117 Å². The average molecular weight is 281 g/mol. The molecule has 0 saturated carbocycles. The first-order valence-corrected chi connectivity index (χ1v) is 7.38. The van der Waals surface area contributed by atoms with Crippen LogP contribution in [0.25, 0.3) is 0 Å². The Morgan fingerprint density at radius 2 is 2.17 bits per heavy atom. The van der Waals surface area contributed by atoms with E-state index in [0.29, 0.717) is 0 Å². The Morgan fingerprint density at radius 3 is 2.78 bits per heavy atom. The molecule has 2 nitrogen and oxygen atoms in total. The van der Waals surface area contributed by atoms with Crippen molar-refractivity contribution in [3.63, 3.8) is 0 Å². The van der Waals surface area contributed by atoms with Gasteiger partial charge >= 0.3 is 0 Å². The highest BCUT2D eigenvalue weighted by Gasteiger charge is 2.18. The van der Waals surface area contributed by atoms with Crippen LogP contribution in [0.4, 0.5) is 0 Å². The highest BCUT2D eigenvalue weighted by atomic mass is 35.5. The summed E-state index contributed by atoms with van der Waals surface area (Å²) in [5.41, 5.74) is 2.40. The smallest absolute Gasteiger partial charge is 0.0931 e. The minimum absolute atomic E-state index is 0.142. The Morgan fingerprint density at radius 1 is 1.33 bits per heavy atom. The molecular formula is C14H17ClN2S. The van der Waals surface area contributed by atoms with Gasteiger partial charge in [-0.2, -0.15) is 0 Å². The van der Waals surface area contributed by atoms with Crippen molar-refractivity contribution in [1.29, 1.82) is 0 Å². The predicted molar refractivity (Wildman–Crippen MR) is 78.5 cm³/mol. The van der Waals surface area contributed by atoms with E-state index in [-0.39, 0.29) is 6.04 Å². The number of hydrogen-bond donors (Lipinski definition) is 1. The second-order valence-corrected chi connectivity index (χ2v) is 5.78. The lowest BCUT2D eigenvalue weighted by molar-refractivity contribution is 0.618. The van der Waals surface area contributed by atoms with E-state index in [1.807, 2.05) is 18.3 Å². The van der Waals surface area contributed by atoms with Crippen molar-refractivity contribution in [1.82, 2.24) is 10.3 Å². The van der Waals surface area contributed by atoms with Gasteiger partial charge < -0.3 is 5.32 Å². The SMILES string of the molecule is CCNC(c1ccc(Cl)s1)c1ncccc1CC. The molecule has 0 spiro atoms. The lowest BCUT2D eigenvalue weighted by Gasteiger charge is -2.18. The fourth-order valence-electron chi connectivity index (χ4n) is 2.03. The van der Waals surface area contributed by atoms with Gasteiger partial charge in [0.25, 0.3) is 0 Å². The van der Waals surface area contributed by atoms with Gasteiger partial charge in [-0.1, -0.05) is 31.5 Å². The van der Waals surface area contributed by atoms with Crippen molar-refractivity contribution >= 4 is 22.9 Å². The molecule has 0 saturated heterocycles. The molecule has 1 N–H and O–H groups in total. The Bertz CT molecular complexity index is 510. The van der Waals surface area contributed by atoms with Crippen LogP contribution >= 0.6 is 22.9 Å². The Balaban J connectivity index is 2.41. The second-order valence-electron chi connectivity index (χ2n) is 4.03. The summed E-state index contributed by atoms with van der Waals surface area (Å²) in [5.74, 6) is 0. The van der Waals surface area contributed by atoms with Gasteiger partial charge in [-0.05, 0) is 36.7 Å². The monoisotopic (exact) mass is 280 g/mol. The summed E-state index contributed by atoms with van der Waals surface area (Å²) < 4.78 is 0.821. The molecule has 0 aliphatic heterocycles. The zero-order chi connectivity index (χ0) is 13.0. The lowest BCUT2D eigenvalue weighted by Crippen LogP contribution is -2.23. The number of aromatic nitrogens is 1. The van der Waals surface area contributed by atoms with Crippen LogP contribution in [0.2, 0.25) is 4.34 Å². The molecule has 1 atom stereocenters. The van der Waals surface area contributed by atoms with E-state index in [0.717, 1.165) is 23.0 Å². The van der Waals surface area contributed by atoms with E-state index in [2.05, 4.69) is 36.3 Å². The average Bonchev–Trinajstić information content (AvgIpc) is 2.82. The third kappa shape index (κ3) is 2.91. The van der Waals surface area contributed by atoms with Crippen LogP contribution < -0.4 is 5.32 Å². The summed E-state index contributed by atoms with van der Waals surface area (Å²) in [6.07, 6.45) is 2.85. The third-order valence-corrected chi connectivity index (χ3v) is 4.16. The summed E-state index contributed by atoms with van der Waals surface area (Å²) in [6, 6.07) is 8.30. The van der Waals surface area contributed by atoms with Crippen LogP contribution in [0.1, 0.15) is 36.0 Å². The number of rotatable bonds is 5. The number of thiophene rings is 1. The summed E-state index contributed by atoms with van der Waals surface area (Å²) in [4.78, 5) is 5.77. The molecule has 0 radical (unpaired) electrons. The fourth-order valence-corrected chi connectivity index (χ4v) is 3.17. The second kappa shape index (κ2) is 6.32. The summed E-state index contributed by atoms with van der Waals surface area (Å²) in [5, 5.41) is 3.49. The van der Waals surface area contributed by atoms with Crippen molar-refractivity contribution in [2.75, 3.05) is 6.54 Å². The van der Waals surface area contributed by atoms with Crippen molar-refractivity contribution < 1.29 is 0 Å². The maximum Gasteiger partial charge on any atom is 0.0931 e. The van der Waals surface area contributed by atoms with Crippen molar-refractivity contribution in [3.05, 3.63) is 50.9 Å². The van der Waals surface area contributed by atoms with E-state index < -0.39 is 0 Å². The highest BCUT2D eigenvalue weighted by molar-refractivity contribution is 7.16. The van der Waals surface area contributed by atoms with Crippen LogP contribution in [0.5, 0.6) is 0 Å². The van der Waals surface area contributed by atoms with E-state index in [4.69, 9.17) is 11.6 Å². The molecule has 18 heavy (non-hydrogen) atoms. The first-order valence-electron chi connectivity index (χ1n) is 6.18. The van der Waals surface area contributed by atoms with Gasteiger partial charge in [0.2, 0.25) is 0 Å². The Hall–Kier alpha value is -0.900. The molecule has 1 unspecified atom stereocenters. The molecule has 2 heterocycles. The summed E-state index contributed by atoms with van der Waals surface area (Å²) in [6.45, 7) is 5.17. The highest BCUT2D eigenvalue weighted by Crippen LogP contribution is 2.31. The number of halogens is 1. The van der Waals surface area contributed by atoms with Crippen molar-refractivity contribution in [3.8, 4) is 0 Å². The normalized spacial score (nSPS) is 12.6. The number of aryl methyl sites for hydroxylation is 1. The van der Waals surface area contributed by atoms with Crippen molar-refractivity contribution in [2.45, 2.75) is 26.3 Å². The van der Waals surface area contributed by atoms with E-state index in [1.54, 1.807) is 11.3 Å². The molecule has 0 amide bonds. The summed E-state index contributed by atoms with van der Waals surface area (Å²) in [7, 11) is 0. The standard InChI is InChI=1S/C14H17ClN2S/c1-3-10-6-5-9-17-13(10)14(16-4-2)11-7-8-12(15)18-11/h5-9,14,16H,3-4H2,1-2H3. The van der Waals surface area contributed by atoms with Gasteiger partial charge in [0.15, 0.2) is 0 Å². The molecule has 96 valence electrons. The molecule has 0 aliphatic rings. The maximum absolute atomic E-state index is 6.04. The third-order valence-electron chi connectivity index (χ3n) is 2.87. The van der Waals surface area contributed by atoms with Gasteiger partial charge in [-0.25, -0.2) is 0 Å². The van der Waals surface area contributed by atoms with Crippen LogP contribution in [0.3, 0.4) is 0 Å². The number of nitrogens with one attached hydrogen (secondary N) is 1. The fraction of sp³-hybridized carbons (Fsp3) is 0.357. The Kier molecular flexibility index (Phi) is 4.75. The maximum atomic E-state index is 6.04. The predicted octanol–water partition coefficient (Wildman–Crippen LogP) is 4.06. The van der Waals surface area contributed by atoms with Gasteiger partial charge in [-0.3, -0.25) is 4.98 Å². The lowest BCUT2D eigenvalue weighted by atomic mass is 10.0. The van der Waals surface area contributed by atoms with E-state index in [9.17, 15) is 0 Å². The molecule has 0 fully saturated rings. The zero-order valence-corrected chi connectivity index (χ0v) is 12.2. The van der Waals surface area contributed by atoms with Crippen LogP contribution in [-0.2, 0) is 6.42 Å². The molecule has 4 heteroatoms. The van der Waals surface area contributed by atoms with Gasteiger partial charge in [0.1, 0.15) is 0 Å². The van der Waals surface area contributed by atoms with E-state index >= 15 is 0 Å². The van der Waals surface area contributed by atoms with Crippen LogP contribution in [-0.4, -0.2) is 11.5 Å². The minimum Gasteiger partial charge on any atom is -0.305 e. The van der Waals surface area contributed by atoms with E-state index in [1.165, 1.54) is 10.4 Å². The molecule has 0 aromatic carbocycles. The van der Waals surface area contributed by atoms with Gasteiger partial charge in [0, 0.05) is 11.1 Å². The number of nitrogens with zero attached hydrogens (tertiary/aromatic N) is 1. The molecule has 2 aromatic heterocycles. The van der Waals surface area contributed by atoms with Crippen LogP contribution in [0, 0.1) is 0 Å². The topological polar surface area (TPSA) is 24.9 Å². The zero-order valence-electron chi connectivity index (χ0n) is 10.6. The first-order chi connectivity index (χ1) is 8.76. The van der Waals surface area contributed by atoms with Crippen LogP contribution in [0.15, 0.2) is 30.5 Å². The molecule has 0 bridgehead atoms. The van der Waals surface area contributed by atoms with Gasteiger partial charge in [-0.15, -0.1) is 11.3 Å². The quantitative estimate of drug-likeness (QED) is 0.893. The molecular weight excluding hydrogens is 264 g/mol. The molecule has 2 rings (SSSR count). The summed E-state index contributed by atoms with van der Waals surface area (Å²) >= 11 is 7.65. The first kappa shape index (κ1) is 13.5. The van der Waals surface area contributed by atoms with Gasteiger partial charge in [0.05, 0.1) is 16.1 Å². The minimum atomic E-state index is 0.142. The number of pyridine rings is 1. The largest absolute Gasteiger partial charge is 0.305 e. The van der Waals surface area contributed by atoms with Crippen molar-refractivity contribution in [2.24, 2.45) is 0 Å². The molecule has 2 aromatic rings. The number of hydrogen-bond acceptors (Lipinski definition) is 3.